The normalized spacial score (nSPS) is 17.6. The second-order valence-corrected chi connectivity index (χ2v) is 7.19. The van der Waals surface area contributed by atoms with E-state index in [1.165, 1.54) is 12.1 Å². The third-order valence-electron chi connectivity index (χ3n) is 5.10. The summed E-state index contributed by atoms with van der Waals surface area (Å²) in [4.78, 5) is 2.23. The number of β-amino-alcohol motifs (C(OH)–C–C–N with tert-alkyl or cyclic N) is 1. The molecule has 0 spiro atoms. The third kappa shape index (κ3) is 4.08. The Labute approximate surface area is 164 Å². The smallest absolute Gasteiger partial charge is 0.123 e. The van der Waals surface area contributed by atoms with Crippen LogP contribution in [-0.2, 0) is 6.54 Å². The summed E-state index contributed by atoms with van der Waals surface area (Å²) in [6, 6.07) is 14.2. The lowest BCUT2D eigenvalue weighted by Crippen LogP contribution is -2.37. The van der Waals surface area contributed by atoms with Crippen LogP contribution in [0.15, 0.2) is 54.7 Å². The molecule has 0 bridgehead atoms. The molecule has 2 heterocycles. The lowest BCUT2D eigenvalue weighted by Gasteiger charge is -2.29. The average molecular weight is 381 g/mol. The van der Waals surface area contributed by atoms with Crippen molar-refractivity contribution in [2.24, 2.45) is 0 Å². The largest absolute Gasteiger partial charge is 0.497 e. The van der Waals surface area contributed by atoms with Gasteiger partial charge in [0.2, 0.25) is 0 Å². The van der Waals surface area contributed by atoms with E-state index in [0.717, 1.165) is 47.6 Å². The fourth-order valence-corrected chi connectivity index (χ4v) is 3.69. The van der Waals surface area contributed by atoms with E-state index in [9.17, 15) is 9.50 Å². The van der Waals surface area contributed by atoms with Crippen molar-refractivity contribution >= 4 is 0 Å². The first kappa shape index (κ1) is 18.7. The molecule has 0 radical (unpaired) electrons. The van der Waals surface area contributed by atoms with Gasteiger partial charge in [-0.05, 0) is 55.8 Å². The van der Waals surface area contributed by atoms with Gasteiger partial charge in [-0.3, -0.25) is 4.90 Å². The van der Waals surface area contributed by atoms with Gasteiger partial charge in [-0.1, -0.05) is 12.1 Å². The van der Waals surface area contributed by atoms with Gasteiger partial charge in [-0.2, -0.15) is 5.10 Å². The van der Waals surface area contributed by atoms with Gasteiger partial charge in [0.15, 0.2) is 0 Å². The van der Waals surface area contributed by atoms with Gasteiger partial charge in [0.1, 0.15) is 11.6 Å². The predicted octanol–water partition coefficient (Wildman–Crippen LogP) is 3.64. The molecular formula is C22H24FN3O2. The van der Waals surface area contributed by atoms with Crippen molar-refractivity contribution < 1.29 is 14.2 Å². The zero-order valence-corrected chi connectivity index (χ0v) is 15.9. The Balaban J connectivity index is 1.70. The molecule has 1 atom stereocenters. The zero-order chi connectivity index (χ0) is 19.5. The van der Waals surface area contributed by atoms with Gasteiger partial charge >= 0.3 is 0 Å². The van der Waals surface area contributed by atoms with Gasteiger partial charge in [0, 0.05) is 30.4 Å². The van der Waals surface area contributed by atoms with E-state index in [-0.39, 0.29) is 11.9 Å². The van der Waals surface area contributed by atoms with Crippen molar-refractivity contribution in [1.82, 2.24) is 14.7 Å². The van der Waals surface area contributed by atoms with Crippen LogP contribution < -0.4 is 4.74 Å². The first-order valence-corrected chi connectivity index (χ1v) is 9.52. The molecule has 0 aliphatic carbocycles. The second-order valence-electron chi connectivity index (χ2n) is 7.19. The Bertz CT molecular complexity index is 939. The van der Waals surface area contributed by atoms with E-state index in [1.807, 2.05) is 41.2 Å². The van der Waals surface area contributed by atoms with Crippen molar-refractivity contribution in [3.8, 4) is 22.7 Å². The molecule has 1 aliphatic heterocycles. The molecule has 1 N–H and O–H groups in total. The summed E-state index contributed by atoms with van der Waals surface area (Å²) in [7, 11) is 1.64. The van der Waals surface area contributed by atoms with Crippen molar-refractivity contribution in [2.45, 2.75) is 25.5 Å². The SMILES string of the molecule is COc1ccc(-n2cc(CN3CCCC(O)C3)c(-c3cccc(F)c3)n2)cc1. The Morgan fingerprint density at radius 3 is 2.75 bits per heavy atom. The number of ether oxygens (including phenoxy) is 1. The monoisotopic (exact) mass is 381 g/mol. The van der Waals surface area contributed by atoms with Gasteiger partial charge in [-0.15, -0.1) is 0 Å². The van der Waals surface area contributed by atoms with Crippen LogP contribution in [0.3, 0.4) is 0 Å². The molecule has 1 aliphatic rings. The van der Waals surface area contributed by atoms with Crippen LogP contribution in [0.4, 0.5) is 4.39 Å². The van der Waals surface area contributed by atoms with Crippen molar-refractivity contribution in [2.75, 3.05) is 20.2 Å². The number of piperidine rings is 1. The lowest BCUT2D eigenvalue weighted by molar-refractivity contribution is 0.0669. The Kier molecular flexibility index (Phi) is 5.41. The second kappa shape index (κ2) is 8.12. The molecule has 1 unspecified atom stereocenters. The summed E-state index contributed by atoms with van der Waals surface area (Å²) in [6.07, 6.45) is 3.52. The van der Waals surface area contributed by atoms with Crippen LogP contribution in [0.2, 0.25) is 0 Å². The molecule has 6 heteroatoms. The zero-order valence-electron chi connectivity index (χ0n) is 15.9. The highest BCUT2D eigenvalue weighted by atomic mass is 19.1. The van der Waals surface area contributed by atoms with E-state index in [4.69, 9.17) is 9.84 Å². The fourth-order valence-electron chi connectivity index (χ4n) is 3.69. The van der Waals surface area contributed by atoms with Gasteiger partial charge in [-0.25, -0.2) is 9.07 Å². The number of nitrogens with zero attached hydrogens (tertiary/aromatic N) is 3. The summed E-state index contributed by atoms with van der Waals surface area (Å²) < 4.78 is 20.9. The van der Waals surface area contributed by atoms with Crippen molar-refractivity contribution in [3.05, 3.63) is 66.1 Å². The highest BCUT2D eigenvalue weighted by Crippen LogP contribution is 2.27. The summed E-state index contributed by atoms with van der Waals surface area (Å²) in [5, 5.41) is 14.7. The predicted molar refractivity (Wildman–Crippen MR) is 106 cm³/mol. The first-order chi connectivity index (χ1) is 13.6. The molecule has 3 aromatic rings. The fraction of sp³-hybridized carbons (Fsp3) is 0.318. The Morgan fingerprint density at radius 2 is 2.04 bits per heavy atom. The van der Waals surface area contributed by atoms with Crippen LogP contribution in [0, 0.1) is 5.82 Å². The maximum absolute atomic E-state index is 13.8. The van der Waals surface area contributed by atoms with Crippen LogP contribution >= 0.6 is 0 Å². The number of methoxy groups -OCH3 is 1. The van der Waals surface area contributed by atoms with Gasteiger partial charge < -0.3 is 9.84 Å². The third-order valence-corrected chi connectivity index (χ3v) is 5.10. The van der Waals surface area contributed by atoms with Gasteiger partial charge in [0.05, 0.1) is 24.6 Å². The molecule has 0 saturated carbocycles. The standard InChI is InChI=1S/C22H24FN3O2/c1-28-21-9-7-19(8-10-21)26-14-17(13-25-11-3-6-20(27)15-25)22(24-26)16-4-2-5-18(23)12-16/h2,4-5,7-10,12,14,20,27H,3,6,11,13,15H2,1H3. The summed E-state index contributed by atoms with van der Waals surface area (Å²) in [6.45, 7) is 2.25. The van der Waals surface area contributed by atoms with Crippen LogP contribution in [-0.4, -0.2) is 46.1 Å². The number of hydrogen-bond donors (Lipinski definition) is 1. The van der Waals surface area contributed by atoms with Crippen LogP contribution in [0.5, 0.6) is 5.75 Å². The number of aliphatic hydroxyl groups is 1. The van der Waals surface area contributed by atoms with Crippen LogP contribution in [0.25, 0.3) is 16.9 Å². The summed E-state index contributed by atoms with van der Waals surface area (Å²) >= 11 is 0. The molecular weight excluding hydrogens is 357 g/mol. The molecule has 5 nitrogen and oxygen atoms in total. The van der Waals surface area contributed by atoms with E-state index in [1.54, 1.807) is 13.2 Å². The molecule has 0 amide bonds. The van der Waals surface area contributed by atoms with Gasteiger partial charge in [0.25, 0.3) is 0 Å². The van der Waals surface area contributed by atoms with Crippen molar-refractivity contribution in [1.29, 1.82) is 0 Å². The lowest BCUT2D eigenvalue weighted by atomic mass is 10.1. The molecule has 28 heavy (non-hydrogen) atoms. The first-order valence-electron chi connectivity index (χ1n) is 9.52. The van der Waals surface area contributed by atoms with E-state index < -0.39 is 0 Å². The number of benzene rings is 2. The molecule has 1 aromatic heterocycles. The minimum atomic E-state index is -0.289. The maximum Gasteiger partial charge on any atom is 0.123 e. The summed E-state index contributed by atoms with van der Waals surface area (Å²) in [5.74, 6) is 0.500. The molecule has 2 aromatic carbocycles. The topological polar surface area (TPSA) is 50.5 Å². The number of rotatable bonds is 5. The number of likely N-dealkylation sites (tertiary alicyclic amines) is 1. The average Bonchev–Trinajstić information content (AvgIpc) is 3.12. The molecule has 4 rings (SSSR count). The van der Waals surface area contributed by atoms with E-state index in [0.29, 0.717) is 13.1 Å². The molecule has 1 saturated heterocycles. The highest BCUT2D eigenvalue weighted by molar-refractivity contribution is 5.63. The minimum absolute atomic E-state index is 0.282. The number of hydrogen-bond acceptors (Lipinski definition) is 4. The number of aliphatic hydroxyl groups excluding tert-OH is 1. The Hall–Kier alpha value is -2.70. The van der Waals surface area contributed by atoms with Crippen molar-refractivity contribution in [3.63, 3.8) is 0 Å². The molecule has 1 fully saturated rings. The molecule has 146 valence electrons. The number of aromatic nitrogens is 2. The Morgan fingerprint density at radius 1 is 1.21 bits per heavy atom. The van der Waals surface area contributed by atoms with Crippen LogP contribution in [0.1, 0.15) is 18.4 Å². The minimum Gasteiger partial charge on any atom is -0.497 e. The van der Waals surface area contributed by atoms with E-state index >= 15 is 0 Å². The van der Waals surface area contributed by atoms with E-state index in [2.05, 4.69) is 4.90 Å². The highest BCUT2D eigenvalue weighted by Gasteiger charge is 2.21. The summed E-state index contributed by atoms with van der Waals surface area (Å²) in [5.41, 5.74) is 3.43. The maximum atomic E-state index is 13.8. The quantitative estimate of drug-likeness (QED) is 0.733. The number of halogens is 1.